The molecule has 4 heteroatoms. The molecule has 1 aliphatic heterocycles. The third kappa shape index (κ3) is 5.61. The van der Waals surface area contributed by atoms with Crippen LogP contribution in [0, 0.1) is 5.92 Å². The van der Waals surface area contributed by atoms with Gasteiger partial charge in [-0.2, -0.15) is 0 Å². The number of halogens is 1. The van der Waals surface area contributed by atoms with Crippen LogP contribution in [0.3, 0.4) is 0 Å². The molecule has 0 spiro atoms. The molecule has 0 atom stereocenters. The summed E-state index contributed by atoms with van der Waals surface area (Å²) in [7, 11) is 0. The summed E-state index contributed by atoms with van der Waals surface area (Å²) in [5.74, 6) is 0.600. The molecule has 0 bridgehead atoms. The number of likely N-dealkylation sites (tertiary alicyclic amines) is 1. The van der Waals surface area contributed by atoms with Gasteiger partial charge in [0.25, 0.3) is 0 Å². The number of hydrogen-bond donors (Lipinski definition) is 0. The topological polar surface area (TPSA) is 23.6 Å². The SMILES string of the molecule is Cl.O=C(C1CCCC1)N(c1ccccc1)C1CCN(CCc2ccccc2)CC1. The number of carbonyl (C=O) groups excluding carboxylic acids is 1. The van der Waals surface area contributed by atoms with Crippen LogP contribution in [0.1, 0.15) is 44.1 Å². The van der Waals surface area contributed by atoms with Crippen molar-refractivity contribution >= 4 is 24.0 Å². The number of benzene rings is 2. The van der Waals surface area contributed by atoms with E-state index in [0.717, 1.165) is 57.4 Å². The maximum atomic E-state index is 13.3. The zero-order valence-electron chi connectivity index (χ0n) is 17.2. The molecule has 0 unspecified atom stereocenters. The summed E-state index contributed by atoms with van der Waals surface area (Å²) in [5, 5.41) is 0. The Kier molecular flexibility index (Phi) is 8.14. The summed E-state index contributed by atoms with van der Waals surface area (Å²) in [6.07, 6.45) is 7.79. The standard InChI is InChI=1S/C25H32N2O.ClH/c28-25(22-11-7-8-12-22)27(23-13-5-2-6-14-23)24-16-19-26(20-17-24)18-15-21-9-3-1-4-10-21;/h1-6,9-10,13-14,22,24H,7-8,11-12,15-20H2;1H. The van der Waals surface area contributed by atoms with Crippen molar-refractivity contribution in [2.45, 2.75) is 51.0 Å². The van der Waals surface area contributed by atoms with Crippen molar-refractivity contribution in [2.24, 2.45) is 5.92 Å². The van der Waals surface area contributed by atoms with Crippen molar-refractivity contribution in [1.82, 2.24) is 4.90 Å². The van der Waals surface area contributed by atoms with Crippen LogP contribution >= 0.6 is 12.4 Å². The normalized spacial score (nSPS) is 18.3. The summed E-state index contributed by atoms with van der Waals surface area (Å²) in [4.78, 5) is 18.1. The number of piperidine rings is 1. The van der Waals surface area contributed by atoms with E-state index < -0.39 is 0 Å². The Hall–Kier alpha value is -1.84. The first-order valence-corrected chi connectivity index (χ1v) is 11.0. The highest BCUT2D eigenvalue weighted by molar-refractivity contribution is 5.95. The van der Waals surface area contributed by atoms with Gasteiger partial charge in [0.05, 0.1) is 0 Å². The van der Waals surface area contributed by atoms with Crippen LogP contribution in [0.2, 0.25) is 0 Å². The minimum absolute atomic E-state index is 0. The van der Waals surface area contributed by atoms with Crippen LogP contribution < -0.4 is 4.90 Å². The van der Waals surface area contributed by atoms with Crippen molar-refractivity contribution in [3.63, 3.8) is 0 Å². The van der Waals surface area contributed by atoms with Gasteiger partial charge in [-0.25, -0.2) is 0 Å². The van der Waals surface area contributed by atoms with Crippen molar-refractivity contribution in [2.75, 3.05) is 24.5 Å². The lowest BCUT2D eigenvalue weighted by Gasteiger charge is -2.39. The molecule has 3 nitrogen and oxygen atoms in total. The summed E-state index contributed by atoms with van der Waals surface area (Å²) >= 11 is 0. The molecule has 2 aromatic rings. The molecule has 2 fully saturated rings. The molecule has 2 aliphatic rings. The Balaban J connectivity index is 0.00000240. The maximum absolute atomic E-state index is 13.3. The van der Waals surface area contributed by atoms with Gasteiger partial charge in [-0.05, 0) is 49.8 Å². The maximum Gasteiger partial charge on any atom is 0.230 e. The molecule has 1 heterocycles. The van der Waals surface area contributed by atoms with Crippen molar-refractivity contribution in [1.29, 1.82) is 0 Å². The zero-order valence-corrected chi connectivity index (χ0v) is 18.0. The van der Waals surface area contributed by atoms with Gasteiger partial charge in [-0.15, -0.1) is 12.4 Å². The summed E-state index contributed by atoms with van der Waals surface area (Å²) in [6, 6.07) is 21.4. The van der Waals surface area contributed by atoms with E-state index in [1.165, 1.54) is 18.4 Å². The lowest BCUT2D eigenvalue weighted by molar-refractivity contribution is -0.122. The smallest absolute Gasteiger partial charge is 0.230 e. The number of nitrogens with zero attached hydrogens (tertiary/aromatic N) is 2. The second kappa shape index (κ2) is 10.8. The molecule has 156 valence electrons. The van der Waals surface area contributed by atoms with E-state index in [1.807, 2.05) is 6.07 Å². The number of rotatable bonds is 6. The average molecular weight is 413 g/mol. The molecule has 2 aromatic carbocycles. The van der Waals surface area contributed by atoms with E-state index in [4.69, 9.17) is 0 Å². The molecular weight excluding hydrogens is 380 g/mol. The minimum atomic E-state index is 0. The molecule has 1 amide bonds. The van der Waals surface area contributed by atoms with Crippen molar-refractivity contribution in [3.8, 4) is 0 Å². The van der Waals surface area contributed by atoms with Crippen LogP contribution in [0.5, 0.6) is 0 Å². The lowest BCUT2D eigenvalue weighted by atomic mass is 9.98. The van der Waals surface area contributed by atoms with Gasteiger partial charge in [-0.1, -0.05) is 61.4 Å². The molecule has 0 radical (unpaired) electrons. The van der Waals surface area contributed by atoms with E-state index >= 15 is 0 Å². The number of amides is 1. The molecule has 29 heavy (non-hydrogen) atoms. The van der Waals surface area contributed by atoms with Gasteiger partial charge in [0.1, 0.15) is 0 Å². The number of hydrogen-bond acceptors (Lipinski definition) is 2. The Morgan fingerprint density at radius 3 is 2.07 bits per heavy atom. The third-order valence-corrected chi connectivity index (χ3v) is 6.46. The van der Waals surface area contributed by atoms with Gasteiger partial charge in [0, 0.05) is 37.3 Å². The predicted octanol–water partition coefficient (Wildman–Crippen LogP) is 5.34. The van der Waals surface area contributed by atoms with Crippen LogP contribution in [0.15, 0.2) is 60.7 Å². The molecule has 4 rings (SSSR count). The molecule has 0 N–H and O–H groups in total. The third-order valence-electron chi connectivity index (χ3n) is 6.46. The first-order chi connectivity index (χ1) is 13.8. The van der Waals surface area contributed by atoms with E-state index in [9.17, 15) is 4.79 Å². The Bertz CT molecular complexity index is 738. The highest BCUT2D eigenvalue weighted by Gasteiger charge is 2.34. The fourth-order valence-corrected chi connectivity index (χ4v) is 4.81. The number of para-hydroxylation sites is 1. The van der Waals surface area contributed by atoms with E-state index in [1.54, 1.807) is 0 Å². The van der Waals surface area contributed by atoms with Gasteiger partial charge < -0.3 is 9.80 Å². The highest BCUT2D eigenvalue weighted by atomic mass is 35.5. The van der Waals surface area contributed by atoms with Crippen LogP contribution in [0.25, 0.3) is 0 Å². The summed E-state index contributed by atoms with van der Waals surface area (Å²) < 4.78 is 0. The molecule has 1 saturated heterocycles. The first-order valence-electron chi connectivity index (χ1n) is 11.0. The van der Waals surface area contributed by atoms with Crippen molar-refractivity contribution in [3.05, 3.63) is 66.2 Å². The van der Waals surface area contributed by atoms with Gasteiger partial charge in [0.15, 0.2) is 0 Å². The fraction of sp³-hybridized carbons (Fsp3) is 0.480. The quantitative estimate of drug-likeness (QED) is 0.639. The second-order valence-electron chi connectivity index (χ2n) is 8.33. The minimum Gasteiger partial charge on any atom is -0.309 e. The van der Waals surface area contributed by atoms with E-state index in [2.05, 4.69) is 64.4 Å². The largest absolute Gasteiger partial charge is 0.309 e. The van der Waals surface area contributed by atoms with Gasteiger partial charge >= 0.3 is 0 Å². The fourth-order valence-electron chi connectivity index (χ4n) is 4.81. The van der Waals surface area contributed by atoms with Gasteiger partial charge in [-0.3, -0.25) is 4.79 Å². The zero-order chi connectivity index (χ0) is 19.2. The Morgan fingerprint density at radius 2 is 1.45 bits per heavy atom. The first kappa shape index (κ1) is 21.9. The predicted molar refractivity (Wildman–Crippen MR) is 123 cm³/mol. The van der Waals surface area contributed by atoms with Crippen LogP contribution in [0.4, 0.5) is 5.69 Å². The highest BCUT2D eigenvalue weighted by Crippen LogP contribution is 2.32. The lowest BCUT2D eigenvalue weighted by Crippen LogP contribution is -2.49. The average Bonchev–Trinajstić information content (AvgIpc) is 3.30. The van der Waals surface area contributed by atoms with E-state index in [0.29, 0.717) is 11.9 Å². The van der Waals surface area contributed by atoms with Crippen LogP contribution in [-0.2, 0) is 11.2 Å². The Morgan fingerprint density at radius 1 is 0.862 bits per heavy atom. The van der Waals surface area contributed by atoms with E-state index in [-0.39, 0.29) is 18.3 Å². The van der Waals surface area contributed by atoms with Gasteiger partial charge in [0.2, 0.25) is 5.91 Å². The monoisotopic (exact) mass is 412 g/mol. The summed E-state index contributed by atoms with van der Waals surface area (Å²) in [6.45, 7) is 3.27. The Labute approximate surface area is 181 Å². The number of carbonyl (C=O) groups is 1. The molecule has 0 aromatic heterocycles. The second-order valence-corrected chi connectivity index (χ2v) is 8.33. The molecule has 1 aliphatic carbocycles. The molecule has 1 saturated carbocycles. The van der Waals surface area contributed by atoms with Crippen molar-refractivity contribution < 1.29 is 4.79 Å². The number of anilines is 1. The summed E-state index contributed by atoms with van der Waals surface area (Å²) in [5.41, 5.74) is 2.49. The van der Waals surface area contributed by atoms with Crippen LogP contribution in [-0.4, -0.2) is 36.5 Å². The molecular formula is C25H33ClN2O.